The zero-order valence-corrected chi connectivity index (χ0v) is 12.6. The lowest BCUT2D eigenvalue weighted by Gasteiger charge is -2.09. The zero-order chi connectivity index (χ0) is 14.7. The van der Waals surface area contributed by atoms with E-state index in [1.165, 1.54) is 11.8 Å². The molecule has 1 N–H and O–H groups in total. The van der Waals surface area contributed by atoms with Gasteiger partial charge in [0, 0.05) is 30.4 Å². The molecule has 0 bridgehead atoms. The maximum absolute atomic E-state index is 11.3. The number of carboxylic acids is 1. The second kappa shape index (κ2) is 6.09. The van der Waals surface area contributed by atoms with E-state index in [2.05, 4.69) is 10.1 Å². The molecule has 0 atom stereocenters. The second-order valence-corrected chi connectivity index (χ2v) is 5.69. The molecule has 5 nitrogen and oxygen atoms in total. The average Bonchev–Trinajstić information content (AvgIpc) is 2.73. The molecule has 2 rings (SSSR count). The van der Waals surface area contributed by atoms with Crippen LogP contribution in [0.2, 0.25) is 0 Å². The molecular weight excluding hydrogens is 274 g/mol. The zero-order valence-electron chi connectivity index (χ0n) is 11.8. The lowest BCUT2D eigenvalue weighted by molar-refractivity contribution is 0.0691. The van der Waals surface area contributed by atoms with Crippen molar-refractivity contribution in [1.82, 2.24) is 14.8 Å². The fourth-order valence-electron chi connectivity index (χ4n) is 2.07. The van der Waals surface area contributed by atoms with Gasteiger partial charge in [0.05, 0.1) is 5.56 Å². The Hall–Kier alpha value is -1.82. The molecule has 0 aliphatic heterocycles. The largest absolute Gasteiger partial charge is 0.478 e. The number of pyridine rings is 1. The molecule has 106 valence electrons. The van der Waals surface area contributed by atoms with E-state index in [9.17, 15) is 9.90 Å². The molecule has 2 heterocycles. The third-order valence-electron chi connectivity index (χ3n) is 3.04. The molecule has 20 heavy (non-hydrogen) atoms. The van der Waals surface area contributed by atoms with Crippen LogP contribution in [0.25, 0.3) is 0 Å². The van der Waals surface area contributed by atoms with Crippen LogP contribution >= 0.6 is 11.8 Å². The van der Waals surface area contributed by atoms with E-state index >= 15 is 0 Å². The number of carbonyl (C=O) groups is 1. The van der Waals surface area contributed by atoms with Crippen LogP contribution in [0.3, 0.4) is 0 Å². The van der Waals surface area contributed by atoms with Gasteiger partial charge < -0.3 is 5.11 Å². The van der Waals surface area contributed by atoms with Crippen molar-refractivity contribution < 1.29 is 9.90 Å². The van der Waals surface area contributed by atoms with Crippen molar-refractivity contribution in [2.24, 2.45) is 7.05 Å². The SMILES string of the molecule is Cc1cc(C)c(C(=O)O)c(SCCc2ccnn2C)n1. The number of nitrogens with zero attached hydrogens (tertiary/aromatic N) is 3. The highest BCUT2D eigenvalue weighted by Crippen LogP contribution is 2.25. The fraction of sp³-hybridized carbons (Fsp3) is 0.357. The van der Waals surface area contributed by atoms with Gasteiger partial charge in [0.1, 0.15) is 5.03 Å². The van der Waals surface area contributed by atoms with Crippen molar-refractivity contribution in [3.63, 3.8) is 0 Å². The van der Waals surface area contributed by atoms with Crippen LogP contribution in [-0.4, -0.2) is 31.6 Å². The maximum atomic E-state index is 11.3. The lowest BCUT2D eigenvalue weighted by atomic mass is 10.1. The van der Waals surface area contributed by atoms with E-state index < -0.39 is 5.97 Å². The van der Waals surface area contributed by atoms with Crippen LogP contribution in [0.1, 0.15) is 27.3 Å². The number of aromatic carboxylic acids is 1. The summed E-state index contributed by atoms with van der Waals surface area (Å²) < 4.78 is 1.83. The van der Waals surface area contributed by atoms with Crippen LogP contribution in [0, 0.1) is 13.8 Å². The van der Waals surface area contributed by atoms with Crippen molar-refractivity contribution in [2.75, 3.05) is 5.75 Å². The van der Waals surface area contributed by atoms with Gasteiger partial charge in [-0.3, -0.25) is 4.68 Å². The number of rotatable bonds is 5. The van der Waals surface area contributed by atoms with Gasteiger partial charge in [0.15, 0.2) is 0 Å². The lowest BCUT2D eigenvalue weighted by Crippen LogP contribution is -2.06. The molecule has 0 fully saturated rings. The van der Waals surface area contributed by atoms with Crippen LogP contribution in [-0.2, 0) is 13.5 Å². The van der Waals surface area contributed by atoms with E-state index in [1.807, 2.05) is 31.6 Å². The summed E-state index contributed by atoms with van der Waals surface area (Å²) in [5, 5.41) is 14.0. The Morgan fingerprint density at radius 1 is 1.45 bits per heavy atom. The minimum absolute atomic E-state index is 0.311. The highest BCUT2D eigenvalue weighted by molar-refractivity contribution is 7.99. The first kappa shape index (κ1) is 14.6. The van der Waals surface area contributed by atoms with Gasteiger partial charge >= 0.3 is 5.97 Å². The quantitative estimate of drug-likeness (QED) is 0.857. The monoisotopic (exact) mass is 291 g/mol. The second-order valence-electron chi connectivity index (χ2n) is 4.61. The van der Waals surface area contributed by atoms with E-state index in [0.29, 0.717) is 10.6 Å². The summed E-state index contributed by atoms with van der Waals surface area (Å²) in [6.07, 6.45) is 2.59. The van der Waals surface area contributed by atoms with Gasteiger partial charge in [-0.1, -0.05) is 0 Å². The third-order valence-corrected chi connectivity index (χ3v) is 4.02. The number of aromatic nitrogens is 3. The number of thioether (sulfide) groups is 1. The molecular formula is C14H17N3O2S. The van der Waals surface area contributed by atoms with Gasteiger partial charge in [0.2, 0.25) is 0 Å². The molecule has 0 amide bonds. The Bertz CT molecular complexity index is 637. The standard InChI is InChI=1S/C14H17N3O2S/c1-9-8-10(2)16-13(12(9)14(18)19)20-7-5-11-4-6-15-17(11)3/h4,6,8H,5,7H2,1-3H3,(H,18,19). The fourth-order valence-corrected chi connectivity index (χ4v) is 3.17. The van der Waals surface area contributed by atoms with E-state index in [0.717, 1.165) is 29.1 Å². The molecule has 0 radical (unpaired) electrons. The van der Waals surface area contributed by atoms with Gasteiger partial charge in [-0.25, -0.2) is 9.78 Å². The normalized spacial score (nSPS) is 10.8. The molecule has 0 saturated carbocycles. The maximum Gasteiger partial charge on any atom is 0.338 e. The molecule has 0 aliphatic carbocycles. The topological polar surface area (TPSA) is 68.0 Å². The first-order valence-corrected chi connectivity index (χ1v) is 7.29. The highest BCUT2D eigenvalue weighted by Gasteiger charge is 2.16. The summed E-state index contributed by atoms with van der Waals surface area (Å²) in [4.78, 5) is 15.7. The summed E-state index contributed by atoms with van der Waals surface area (Å²) in [5.74, 6) is -0.145. The molecule has 0 spiro atoms. The van der Waals surface area contributed by atoms with Gasteiger partial charge in [-0.05, 0) is 38.0 Å². The van der Waals surface area contributed by atoms with E-state index in [-0.39, 0.29) is 0 Å². The Morgan fingerprint density at radius 3 is 2.80 bits per heavy atom. The predicted molar refractivity (Wildman–Crippen MR) is 78.3 cm³/mol. The van der Waals surface area contributed by atoms with Gasteiger partial charge in [-0.2, -0.15) is 5.10 Å². The van der Waals surface area contributed by atoms with Crippen LogP contribution in [0.15, 0.2) is 23.4 Å². The third kappa shape index (κ3) is 3.19. The van der Waals surface area contributed by atoms with Crippen LogP contribution < -0.4 is 0 Å². The first-order valence-electron chi connectivity index (χ1n) is 6.30. The Morgan fingerprint density at radius 2 is 2.20 bits per heavy atom. The Labute approximate surface area is 122 Å². The minimum Gasteiger partial charge on any atom is -0.478 e. The smallest absolute Gasteiger partial charge is 0.338 e. The van der Waals surface area contributed by atoms with Crippen LogP contribution in [0.5, 0.6) is 0 Å². The number of carboxylic acid groups (broad SMARTS) is 1. The van der Waals surface area contributed by atoms with Crippen molar-refractivity contribution in [3.05, 3.63) is 40.8 Å². The predicted octanol–water partition coefficient (Wildman–Crippen LogP) is 2.46. The van der Waals surface area contributed by atoms with E-state index in [1.54, 1.807) is 12.3 Å². The van der Waals surface area contributed by atoms with Crippen LogP contribution in [0.4, 0.5) is 0 Å². The Kier molecular flexibility index (Phi) is 4.44. The highest BCUT2D eigenvalue weighted by atomic mass is 32.2. The summed E-state index contributed by atoms with van der Waals surface area (Å²) in [6.45, 7) is 3.69. The van der Waals surface area contributed by atoms with Crippen molar-refractivity contribution in [2.45, 2.75) is 25.3 Å². The molecule has 6 heteroatoms. The Balaban J connectivity index is 2.13. The van der Waals surface area contributed by atoms with Crippen molar-refractivity contribution in [3.8, 4) is 0 Å². The van der Waals surface area contributed by atoms with Crippen molar-refractivity contribution in [1.29, 1.82) is 0 Å². The number of hydrogen-bond donors (Lipinski definition) is 1. The molecule has 2 aromatic rings. The number of aryl methyl sites for hydroxylation is 4. The molecule has 0 aliphatic rings. The van der Waals surface area contributed by atoms with Gasteiger partial charge in [-0.15, -0.1) is 11.8 Å². The molecule has 2 aromatic heterocycles. The summed E-state index contributed by atoms with van der Waals surface area (Å²) in [5.41, 5.74) is 3.04. The molecule has 0 aromatic carbocycles. The molecule has 0 saturated heterocycles. The molecule has 0 unspecified atom stereocenters. The van der Waals surface area contributed by atoms with Gasteiger partial charge in [0.25, 0.3) is 0 Å². The summed E-state index contributed by atoms with van der Waals surface area (Å²) in [7, 11) is 1.90. The summed E-state index contributed by atoms with van der Waals surface area (Å²) in [6, 6.07) is 3.77. The minimum atomic E-state index is -0.918. The summed E-state index contributed by atoms with van der Waals surface area (Å²) >= 11 is 1.48. The number of hydrogen-bond acceptors (Lipinski definition) is 4. The average molecular weight is 291 g/mol. The van der Waals surface area contributed by atoms with E-state index in [4.69, 9.17) is 0 Å². The van der Waals surface area contributed by atoms with Crippen molar-refractivity contribution >= 4 is 17.7 Å². The first-order chi connectivity index (χ1) is 9.49.